The fourth-order valence-corrected chi connectivity index (χ4v) is 3.22. The Hall–Kier alpha value is -2.01. The van der Waals surface area contributed by atoms with Crippen LogP contribution in [-0.2, 0) is 6.42 Å². The Labute approximate surface area is 141 Å². The Morgan fingerprint density at radius 1 is 1.30 bits per heavy atom. The van der Waals surface area contributed by atoms with Gasteiger partial charge in [0.25, 0.3) is 0 Å². The Kier molecular flexibility index (Phi) is 5.18. The Balaban J connectivity index is 1.57. The summed E-state index contributed by atoms with van der Waals surface area (Å²) in [6.07, 6.45) is 3.15. The lowest BCUT2D eigenvalue weighted by atomic mass is 10.3. The van der Waals surface area contributed by atoms with Crippen LogP contribution in [0.4, 0.5) is 10.5 Å². The molecule has 122 valence electrons. The minimum atomic E-state index is -0.00628. The molecule has 3 rings (SSSR count). The molecule has 1 aromatic heterocycles. The molecule has 1 saturated carbocycles. The highest BCUT2D eigenvalue weighted by atomic mass is 32.1. The van der Waals surface area contributed by atoms with Crippen LogP contribution in [0.2, 0.25) is 0 Å². The third-order valence-corrected chi connectivity index (χ3v) is 4.78. The van der Waals surface area contributed by atoms with Crippen LogP contribution in [0.3, 0.4) is 0 Å². The summed E-state index contributed by atoms with van der Waals surface area (Å²) in [5, 5.41) is 5.08. The van der Waals surface area contributed by atoms with Gasteiger partial charge in [-0.25, -0.2) is 4.79 Å². The minimum Gasteiger partial charge on any atom is -0.494 e. The zero-order valence-electron chi connectivity index (χ0n) is 13.3. The van der Waals surface area contributed by atoms with Crippen molar-refractivity contribution in [2.45, 2.75) is 32.2 Å². The quantitative estimate of drug-likeness (QED) is 0.818. The number of carbonyl (C=O) groups is 1. The van der Waals surface area contributed by atoms with Crippen LogP contribution < -0.4 is 10.1 Å². The second-order valence-corrected chi connectivity index (χ2v) is 6.67. The van der Waals surface area contributed by atoms with Gasteiger partial charge in [0.05, 0.1) is 6.61 Å². The van der Waals surface area contributed by atoms with Crippen molar-refractivity contribution in [2.75, 3.05) is 18.5 Å². The number of nitrogens with one attached hydrogen (secondary N) is 1. The molecule has 1 N–H and O–H groups in total. The van der Waals surface area contributed by atoms with Crippen molar-refractivity contribution < 1.29 is 9.53 Å². The molecule has 0 atom stereocenters. The zero-order chi connectivity index (χ0) is 16.1. The number of ether oxygens (including phenoxy) is 1. The fourth-order valence-electron chi connectivity index (χ4n) is 2.52. The molecule has 1 heterocycles. The molecule has 0 bridgehead atoms. The molecule has 5 heteroatoms. The third kappa shape index (κ3) is 4.48. The van der Waals surface area contributed by atoms with Crippen molar-refractivity contribution >= 4 is 23.1 Å². The number of hydrogen-bond donors (Lipinski definition) is 1. The number of thiophene rings is 1. The number of urea groups is 1. The number of rotatable bonds is 7. The van der Waals surface area contributed by atoms with Crippen LogP contribution in [0.1, 0.15) is 24.6 Å². The molecule has 1 aromatic carbocycles. The molecular weight excluding hydrogens is 308 g/mol. The first-order valence-corrected chi connectivity index (χ1v) is 8.97. The highest BCUT2D eigenvalue weighted by Gasteiger charge is 2.32. The van der Waals surface area contributed by atoms with Crippen LogP contribution in [0.15, 0.2) is 41.8 Å². The van der Waals surface area contributed by atoms with E-state index in [0.717, 1.165) is 37.2 Å². The third-order valence-electron chi connectivity index (χ3n) is 3.84. The van der Waals surface area contributed by atoms with Gasteiger partial charge in [0.1, 0.15) is 5.75 Å². The first kappa shape index (κ1) is 15.9. The van der Waals surface area contributed by atoms with Gasteiger partial charge in [-0.2, -0.15) is 0 Å². The predicted octanol–water partition coefficient (Wildman–Crippen LogP) is 4.39. The van der Waals surface area contributed by atoms with Gasteiger partial charge in [0.2, 0.25) is 0 Å². The van der Waals surface area contributed by atoms with Crippen molar-refractivity contribution in [2.24, 2.45) is 0 Å². The summed E-state index contributed by atoms with van der Waals surface area (Å²) >= 11 is 1.75. The number of amides is 2. The summed E-state index contributed by atoms with van der Waals surface area (Å²) in [5.41, 5.74) is 0.806. The number of anilines is 1. The van der Waals surface area contributed by atoms with E-state index < -0.39 is 0 Å². The van der Waals surface area contributed by atoms with Crippen molar-refractivity contribution in [1.29, 1.82) is 0 Å². The fraction of sp³-hybridized carbons (Fsp3) is 0.389. The van der Waals surface area contributed by atoms with E-state index in [4.69, 9.17) is 4.74 Å². The molecule has 4 nitrogen and oxygen atoms in total. The molecule has 2 amide bonds. The van der Waals surface area contributed by atoms with E-state index in [2.05, 4.69) is 22.8 Å². The molecule has 2 aromatic rings. The maximum Gasteiger partial charge on any atom is 0.322 e. The predicted molar refractivity (Wildman–Crippen MR) is 94.4 cm³/mol. The molecule has 1 aliphatic rings. The average Bonchev–Trinajstić information content (AvgIpc) is 3.25. The summed E-state index contributed by atoms with van der Waals surface area (Å²) in [6, 6.07) is 12.1. The highest BCUT2D eigenvalue weighted by molar-refractivity contribution is 7.09. The van der Waals surface area contributed by atoms with Crippen LogP contribution >= 0.6 is 11.3 Å². The van der Waals surface area contributed by atoms with Crippen LogP contribution in [0.25, 0.3) is 0 Å². The number of carbonyl (C=O) groups excluding carboxylic acids is 1. The van der Waals surface area contributed by atoms with Gasteiger partial charge in [-0.1, -0.05) is 6.07 Å². The highest BCUT2D eigenvalue weighted by Crippen LogP contribution is 2.28. The normalized spacial score (nSPS) is 13.6. The van der Waals surface area contributed by atoms with Crippen LogP contribution in [0.5, 0.6) is 5.75 Å². The van der Waals surface area contributed by atoms with E-state index >= 15 is 0 Å². The monoisotopic (exact) mass is 330 g/mol. The SMILES string of the molecule is CCOc1ccc(NC(=O)N(CCc2cccs2)C2CC2)cc1. The largest absolute Gasteiger partial charge is 0.494 e. The molecule has 0 spiro atoms. The lowest BCUT2D eigenvalue weighted by molar-refractivity contribution is 0.209. The number of hydrogen-bond acceptors (Lipinski definition) is 3. The number of nitrogens with zero attached hydrogens (tertiary/aromatic N) is 1. The summed E-state index contributed by atoms with van der Waals surface area (Å²) in [7, 11) is 0. The van der Waals surface area contributed by atoms with E-state index in [0.29, 0.717) is 12.6 Å². The topological polar surface area (TPSA) is 41.6 Å². The smallest absolute Gasteiger partial charge is 0.322 e. The maximum absolute atomic E-state index is 12.6. The lowest BCUT2D eigenvalue weighted by Crippen LogP contribution is -2.38. The second kappa shape index (κ2) is 7.51. The van der Waals surface area contributed by atoms with Gasteiger partial charge in [0.15, 0.2) is 0 Å². The first-order chi connectivity index (χ1) is 11.3. The maximum atomic E-state index is 12.6. The first-order valence-electron chi connectivity index (χ1n) is 8.09. The summed E-state index contributed by atoms with van der Waals surface area (Å²) < 4.78 is 5.42. The van der Waals surface area contributed by atoms with Crippen molar-refractivity contribution in [3.8, 4) is 5.75 Å². The zero-order valence-corrected chi connectivity index (χ0v) is 14.1. The standard InChI is InChI=1S/C18H22N2O2S/c1-2-22-16-9-5-14(6-10-16)19-18(21)20(15-7-8-15)12-11-17-4-3-13-23-17/h3-6,9-10,13,15H,2,7-8,11-12H2,1H3,(H,19,21). The molecule has 1 aliphatic carbocycles. The molecule has 1 fully saturated rings. The van der Waals surface area contributed by atoms with E-state index in [9.17, 15) is 4.79 Å². The van der Waals surface area contributed by atoms with Crippen molar-refractivity contribution in [1.82, 2.24) is 4.90 Å². The van der Waals surface area contributed by atoms with Gasteiger partial charge in [-0.3, -0.25) is 0 Å². The Morgan fingerprint density at radius 3 is 2.70 bits per heavy atom. The Morgan fingerprint density at radius 2 is 2.09 bits per heavy atom. The van der Waals surface area contributed by atoms with E-state index in [-0.39, 0.29) is 6.03 Å². The molecule has 23 heavy (non-hydrogen) atoms. The van der Waals surface area contributed by atoms with Gasteiger partial charge >= 0.3 is 6.03 Å². The van der Waals surface area contributed by atoms with Crippen LogP contribution in [0, 0.1) is 0 Å². The van der Waals surface area contributed by atoms with Crippen molar-refractivity contribution in [3.05, 3.63) is 46.7 Å². The van der Waals surface area contributed by atoms with Crippen LogP contribution in [-0.4, -0.2) is 30.1 Å². The molecular formula is C18H22N2O2S. The van der Waals surface area contributed by atoms with Crippen molar-refractivity contribution in [3.63, 3.8) is 0 Å². The average molecular weight is 330 g/mol. The minimum absolute atomic E-state index is 0.00628. The van der Waals surface area contributed by atoms with Gasteiger partial charge < -0.3 is 15.0 Å². The number of benzene rings is 1. The van der Waals surface area contributed by atoms with E-state index in [1.807, 2.05) is 36.1 Å². The van der Waals surface area contributed by atoms with Gasteiger partial charge in [-0.05, 0) is 61.9 Å². The second-order valence-electron chi connectivity index (χ2n) is 5.64. The van der Waals surface area contributed by atoms with E-state index in [1.54, 1.807) is 11.3 Å². The molecule has 0 radical (unpaired) electrons. The molecule has 0 aliphatic heterocycles. The summed E-state index contributed by atoms with van der Waals surface area (Å²) in [4.78, 5) is 15.8. The Bertz CT molecular complexity index is 621. The van der Waals surface area contributed by atoms with Gasteiger partial charge in [0, 0.05) is 23.2 Å². The van der Waals surface area contributed by atoms with E-state index in [1.165, 1.54) is 4.88 Å². The molecule has 0 saturated heterocycles. The molecule has 0 unspecified atom stereocenters. The lowest BCUT2D eigenvalue weighted by Gasteiger charge is -2.22. The summed E-state index contributed by atoms with van der Waals surface area (Å²) in [6.45, 7) is 3.37. The summed E-state index contributed by atoms with van der Waals surface area (Å²) in [5.74, 6) is 0.822. The van der Waals surface area contributed by atoms with Gasteiger partial charge in [-0.15, -0.1) is 11.3 Å².